The van der Waals surface area contributed by atoms with Crippen LogP contribution < -0.4 is 0 Å². The zero-order chi connectivity index (χ0) is 26.6. The van der Waals surface area contributed by atoms with Crippen molar-refractivity contribution in [3.63, 3.8) is 0 Å². The van der Waals surface area contributed by atoms with Gasteiger partial charge in [-0.05, 0) is 61.7 Å². The number of hydrogen-bond donors (Lipinski definition) is 1. The molecule has 1 saturated heterocycles. The number of aliphatic hydroxyl groups is 1. The highest BCUT2D eigenvalue weighted by Gasteiger charge is 2.52. The molecule has 0 amide bonds. The number of carbonyl (C=O) groups excluding carboxylic acids is 1. The van der Waals surface area contributed by atoms with E-state index in [9.17, 15) is 27.5 Å². The number of carbonyl (C=O) groups is 1. The second kappa shape index (κ2) is 9.38. The summed E-state index contributed by atoms with van der Waals surface area (Å²) >= 11 is 11.3. The number of aliphatic hydroxyl groups excluding tert-OH is 1. The Morgan fingerprint density at radius 1 is 1.14 bits per heavy atom. The maximum absolute atomic E-state index is 13.8. The molecule has 5 nitrogen and oxygen atoms in total. The highest BCUT2D eigenvalue weighted by Crippen LogP contribution is 2.45. The van der Waals surface area contributed by atoms with Crippen molar-refractivity contribution in [2.24, 2.45) is 0 Å². The van der Waals surface area contributed by atoms with E-state index in [0.717, 1.165) is 17.7 Å². The van der Waals surface area contributed by atoms with Gasteiger partial charge in [-0.2, -0.15) is 13.2 Å². The summed E-state index contributed by atoms with van der Waals surface area (Å²) in [6.07, 6.45) is -5.59. The third-order valence-electron chi connectivity index (χ3n) is 5.95. The molecule has 2 aromatic rings. The van der Waals surface area contributed by atoms with Crippen LogP contribution in [0.3, 0.4) is 0 Å². The Morgan fingerprint density at radius 2 is 1.75 bits per heavy atom. The number of halogens is 6. The molecule has 2 aliphatic rings. The number of fused-ring (bicyclic) bond motifs is 2. The lowest BCUT2D eigenvalue weighted by Crippen LogP contribution is -2.63. The van der Waals surface area contributed by atoms with E-state index in [2.05, 4.69) is 0 Å². The van der Waals surface area contributed by atoms with Gasteiger partial charge in [0.1, 0.15) is 5.60 Å². The lowest BCUT2D eigenvalue weighted by Gasteiger charge is -2.49. The molecule has 4 rings (SSSR count). The van der Waals surface area contributed by atoms with Crippen LogP contribution in [-0.4, -0.2) is 47.1 Å². The monoisotopic (exact) mass is 547 g/mol. The van der Waals surface area contributed by atoms with E-state index in [1.54, 1.807) is 11.0 Å². The molecule has 2 aromatic carbocycles. The number of benzene rings is 2. The van der Waals surface area contributed by atoms with Crippen LogP contribution in [-0.2, 0) is 21.7 Å². The van der Waals surface area contributed by atoms with Crippen LogP contribution in [0.25, 0.3) is 5.57 Å². The average molecular weight is 548 g/mol. The minimum atomic E-state index is -4.92. The third kappa shape index (κ3) is 5.32. The summed E-state index contributed by atoms with van der Waals surface area (Å²) in [5.74, 6) is -1.94. The number of hydrogen-bond acceptors (Lipinski definition) is 5. The summed E-state index contributed by atoms with van der Waals surface area (Å²) in [5.41, 5.74) is -1.56. The molecule has 36 heavy (non-hydrogen) atoms. The minimum absolute atomic E-state index is 0.0303. The lowest BCUT2D eigenvalue weighted by atomic mass is 9.84. The highest BCUT2D eigenvalue weighted by molar-refractivity contribution is 6.35. The molecule has 0 saturated carbocycles. The van der Waals surface area contributed by atoms with E-state index in [4.69, 9.17) is 32.7 Å². The van der Waals surface area contributed by atoms with Crippen molar-refractivity contribution >= 4 is 34.6 Å². The van der Waals surface area contributed by atoms with Gasteiger partial charge in [0.05, 0.1) is 27.8 Å². The van der Waals surface area contributed by atoms with Gasteiger partial charge in [0.25, 0.3) is 0 Å². The predicted octanol–water partition coefficient (Wildman–Crippen LogP) is 6.09. The Hall–Kier alpha value is -2.01. The summed E-state index contributed by atoms with van der Waals surface area (Å²) in [4.78, 5) is 14.5. The molecule has 1 fully saturated rings. The zero-order valence-electron chi connectivity index (χ0n) is 19.5. The molecule has 0 bridgehead atoms. The van der Waals surface area contributed by atoms with Gasteiger partial charge in [-0.1, -0.05) is 35.3 Å². The van der Waals surface area contributed by atoms with Gasteiger partial charge in [0.2, 0.25) is 6.41 Å². The predicted molar refractivity (Wildman–Crippen MR) is 126 cm³/mol. The quantitative estimate of drug-likeness (QED) is 0.161. The summed E-state index contributed by atoms with van der Waals surface area (Å²) in [6.45, 7) is 6.35. The van der Waals surface area contributed by atoms with Crippen molar-refractivity contribution in [3.8, 4) is 0 Å². The number of ketones is 1. The molecule has 1 spiro atoms. The number of likely N-dealkylation sites (tertiary alicyclic amines) is 1. The molecular formula is C25H23Cl2F4NO4. The third-order valence-corrected chi connectivity index (χ3v) is 6.50. The van der Waals surface area contributed by atoms with Gasteiger partial charge in [0.15, 0.2) is 11.6 Å². The van der Waals surface area contributed by atoms with Crippen LogP contribution in [0.4, 0.5) is 17.6 Å². The molecule has 0 aromatic heterocycles. The van der Waals surface area contributed by atoms with Crippen molar-refractivity contribution in [3.05, 3.63) is 74.5 Å². The van der Waals surface area contributed by atoms with Gasteiger partial charge in [0, 0.05) is 18.7 Å². The summed E-state index contributed by atoms with van der Waals surface area (Å²) in [6, 6.07) is 6.12. The maximum Gasteiger partial charge on any atom is 0.417 e. The average Bonchev–Trinajstić information content (AvgIpc) is 3.11. The van der Waals surface area contributed by atoms with E-state index < -0.39 is 56.6 Å². The number of alkyl halides is 3. The minimum Gasteiger partial charge on any atom is -0.363 e. The van der Waals surface area contributed by atoms with Crippen molar-refractivity contribution in [2.45, 2.75) is 51.2 Å². The molecule has 1 atom stereocenters. The molecule has 2 aliphatic heterocycles. The fourth-order valence-electron chi connectivity index (χ4n) is 4.28. The van der Waals surface area contributed by atoms with Gasteiger partial charge < -0.3 is 14.6 Å². The Labute approximate surface area is 215 Å². The maximum atomic E-state index is 13.8. The summed E-state index contributed by atoms with van der Waals surface area (Å²) in [5, 5.41) is 9.09. The molecule has 0 aliphatic carbocycles. The number of allylic oxidation sites excluding steroid dienone is 2. The van der Waals surface area contributed by atoms with Crippen LogP contribution >= 0.6 is 23.2 Å². The Kier molecular flexibility index (Phi) is 7.05. The standard InChI is InChI=1S/C25H23Cl2F4NO4/c1-23(2,3)36-22(34)32-11-24(12-32)16-5-4-13(6-15(16)10-35-24)20(33)9-17(25(29,30)31)14-7-18(26)21(28)19(27)8-14/h4-9,22,34H,10-12H2,1-3H3/b17-9-. The molecular weight excluding hydrogens is 525 g/mol. The zero-order valence-corrected chi connectivity index (χ0v) is 21.1. The van der Waals surface area contributed by atoms with Crippen molar-refractivity contribution < 1.29 is 36.9 Å². The lowest BCUT2D eigenvalue weighted by molar-refractivity contribution is -0.293. The van der Waals surface area contributed by atoms with Crippen LogP contribution in [0.15, 0.2) is 36.4 Å². The van der Waals surface area contributed by atoms with Crippen LogP contribution in [0.2, 0.25) is 10.0 Å². The fraction of sp³-hybridized carbons (Fsp3) is 0.400. The van der Waals surface area contributed by atoms with Crippen molar-refractivity contribution in [1.29, 1.82) is 0 Å². The fourth-order valence-corrected chi connectivity index (χ4v) is 4.76. The van der Waals surface area contributed by atoms with Crippen molar-refractivity contribution in [1.82, 2.24) is 4.90 Å². The molecule has 1 N–H and O–H groups in total. The molecule has 1 unspecified atom stereocenters. The smallest absolute Gasteiger partial charge is 0.363 e. The Balaban J connectivity index is 1.57. The first-order valence-electron chi connectivity index (χ1n) is 11.0. The van der Waals surface area contributed by atoms with Crippen LogP contribution in [0.5, 0.6) is 0 Å². The molecule has 2 heterocycles. The van der Waals surface area contributed by atoms with E-state index in [-0.39, 0.29) is 12.2 Å². The molecule has 11 heteroatoms. The van der Waals surface area contributed by atoms with Gasteiger partial charge in [-0.3, -0.25) is 4.79 Å². The first-order chi connectivity index (χ1) is 16.6. The normalized spacial score (nSPS) is 18.8. The van der Waals surface area contributed by atoms with Crippen LogP contribution in [0, 0.1) is 5.82 Å². The second-order valence-corrected chi connectivity index (χ2v) is 10.6. The van der Waals surface area contributed by atoms with E-state index in [1.165, 1.54) is 12.1 Å². The van der Waals surface area contributed by atoms with Crippen LogP contribution in [0.1, 0.15) is 47.8 Å². The topological polar surface area (TPSA) is 59.0 Å². The van der Waals surface area contributed by atoms with E-state index >= 15 is 0 Å². The summed E-state index contributed by atoms with van der Waals surface area (Å²) in [7, 11) is 0. The van der Waals surface area contributed by atoms with Gasteiger partial charge in [-0.25, -0.2) is 9.29 Å². The molecule has 0 radical (unpaired) electrons. The number of rotatable bonds is 5. The van der Waals surface area contributed by atoms with Crippen molar-refractivity contribution in [2.75, 3.05) is 13.1 Å². The number of nitrogens with zero attached hydrogens (tertiary/aromatic N) is 1. The van der Waals surface area contributed by atoms with E-state index in [1.807, 2.05) is 20.8 Å². The Morgan fingerprint density at radius 3 is 2.31 bits per heavy atom. The number of ether oxygens (including phenoxy) is 2. The van der Waals surface area contributed by atoms with Gasteiger partial charge >= 0.3 is 6.18 Å². The highest BCUT2D eigenvalue weighted by atomic mass is 35.5. The second-order valence-electron chi connectivity index (χ2n) is 9.79. The first-order valence-corrected chi connectivity index (χ1v) is 11.7. The van der Waals surface area contributed by atoms with E-state index in [0.29, 0.717) is 24.7 Å². The Bertz CT molecular complexity index is 1210. The SMILES string of the molecule is CC(C)(C)OC(O)N1CC2(C1)OCc1cc(C(=O)/C=C(/c3cc(Cl)c(F)c(Cl)c3)C(F)(F)F)ccc12. The molecule has 194 valence electrons. The first kappa shape index (κ1) is 27.0. The van der Waals surface area contributed by atoms with Gasteiger partial charge in [-0.15, -0.1) is 0 Å². The summed E-state index contributed by atoms with van der Waals surface area (Å²) < 4.78 is 66.5. The largest absolute Gasteiger partial charge is 0.417 e.